The fourth-order valence-electron chi connectivity index (χ4n) is 3.35. The van der Waals surface area contributed by atoms with E-state index in [-0.39, 0.29) is 34.1 Å². The molecular weight excluding hydrogens is 531 g/mol. The van der Waals surface area contributed by atoms with Gasteiger partial charge in [0.1, 0.15) is 25.8 Å². The first-order valence-electron chi connectivity index (χ1n) is 11.9. The van der Waals surface area contributed by atoms with Crippen LogP contribution >= 0.6 is 11.6 Å². The lowest BCUT2D eigenvalue weighted by Gasteiger charge is -2.17. The minimum atomic E-state index is -2.75. The van der Waals surface area contributed by atoms with Crippen molar-refractivity contribution in [3.63, 3.8) is 0 Å². The molecule has 0 saturated carbocycles. The summed E-state index contributed by atoms with van der Waals surface area (Å²) in [5, 5.41) is 17.8. The maximum atomic E-state index is 13.0. The van der Waals surface area contributed by atoms with E-state index in [2.05, 4.69) is 16.0 Å². The van der Waals surface area contributed by atoms with Gasteiger partial charge >= 0.3 is 0 Å². The van der Waals surface area contributed by atoms with Crippen LogP contribution in [0.4, 0.5) is 20.2 Å². The van der Waals surface area contributed by atoms with Crippen LogP contribution in [0.15, 0.2) is 60.7 Å². The number of halogens is 3. The van der Waals surface area contributed by atoms with Crippen LogP contribution in [0.2, 0.25) is 5.02 Å². The van der Waals surface area contributed by atoms with Crippen molar-refractivity contribution in [2.75, 3.05) is 17.2 Å². The lowest BCUT2D eigenvalue weighted by atomic mass is 9.96. The Balaban J connectivity index is 1.82. The molecule has 3 amide bonds. The maximum absolute atomic E-state index is 13.0. The van der Waals surface area contributed by atoms with Crippen molar-refractivity contribution in [2.45, 2.75) is 32.4 Å². The van der Waals surface area contributed by atoms with Crippen molar-refractivity contribution >= 4 is 54.0 Å². The van der Waals surface area contributed by atoms with Crippen LogP contribution in [0.5, 0.6) is 5.75 Å². The van der Waals surface area contributed by atoms with Gasteiger partial charge in [-0.2, -0.15) is 0 Å². The number of amides is 3. The zero-order chi connectivity index (χ0) is 28.7. The predicted molar refractivity (Wildman–Crippen MR) is 148 cm³/mol. The van der Waals surface area contributed by atoms with E-state index < -0.39 is 36.4 Å². The summed E-state index contributed by atoms with van der Waals surface area (Å²) in [5.41, 5.74) is 0.673. The summed E-state index contributed by atoms with van der Waals surface area (Å²) in [6, 6.07) is 15.6. The number of hydrogen-bond donors (Lipinski definition) is 4. The summed E-state index contributed by atoms with van der Waals surface area (Å²) in [6.45, 7) is 1.83. The molecule has 3 aromatic carbocycles. The average molecular weight is 558 g/mol. The standard InChI is InChI=1S/C27H27BClF2N3O5/c1-27(2,38)26(37)32-13-15-3-9-21(29)19(11-15)24(35)34-18-8-10-22(39-14-23(30)31)20(12-18)25(36)33-17-6-4-16(28)5-7-17/h3-12,23,38H,13-14,28H2,1-2H3,(H,32,37)(H,33,36)(H,34,35). The van der Waals surface area contributed by atoms with Crippen LogP contribution in [0.25, 0.3) is 0 Å². The van der Waals surface area contributed by atoms with Crippen LogP contribution in [-0.4, -0.2) is 49.3 Å². The van der Waals surface area contributed by atoms with Gasteiger partial charge in [-0.3, -0.25) is 14.4 Å². The summed E-state index contributed by atoms with van der Waals surface area (Å²) in [7, 11) is 1.89. The molecule has 0 aliphatic heterocycles. The van der Waals surface area contributed by atoms with Crippen molar-refractivity contribution in [3.8, 4) is 5.75 Å². The molecule has 12 heteroatoms. The highest BCUT2D eigenvalue weighted by atomic mass is 35.5. The first-order chi connectivity index (χ1) is 18.3. The molecule has 0 fully saturated rings. The second-order valence-electron chi connectivity index (χ2n) is 9.24. The summed E-state index contributed by atoms with van der Waals surface area (Å²) in [5.74, 6) is -1.90. The summed E-state index contributed by atoms with van der Waals surface area (Å²) in [4.78, 5) is 38.0. The fourth-order valence-corrected chi connectivity index (χ4v) is 3.56. The SMILES string of the molecule is Bc1ccc(NC(=O)c2cc(NC(=O)c3cc(CNC(=O)C(C)(C)O)ccc3Cl)ccc2OCC(F)F)cc1. The molecule has 0 heterocycles. The lowest BCUT2D eigenvalue weighted by molar-refractivity contribution is -0.136. The van der Waals surface area contributed by atoms with Crippen LogP contribution < -0.4 is 26.2 Å². The van der Waals surface area contributed by atoms with E-state index in [1.165, 1.54) is 44.2 Å². The van der Waals surface area contributed by atoms with E-state index in [0.29, 0.717) is 11.3 Å². The summed E-state index contributed by atoms with van der Waals surface area (Å²) < 4.78 is 30.7. The second-order valence-corrected chi connectivity index (χ2v) is 9.65. The number of carbonyl (C=O) groups is 3. The molecule has 4 N–H and O–H groups in total. The number of anilines is 2. The molecule has 0 atom stereocenters. The number of hydrogen-bond acceptors (Lipinski definition) is 5. The molecular formula is C27H27BClF2N3O5. The molecule has 0 aliphatic carbocycles. The Morgan fingerprint density at radius 1 is 0.949 bits per heavy atom. The van der Waals surface area contributed by atoms with E-state index in [9.17, 15) is 28.3 Å². The maximum Gasteiger partial charge on any atom is 0.272 e. The smallest absolute Gasteiger partial charge is 0.272 e. The third kappa shape index (κ3) is 8.52. The molecule has 3 rings (SSSR count). The van der Waals surface area contributed by atoms with Gasteiger partial charge in [0, 0.05) is 17.9 Å². The first-order valence-corrected chi connectivity index (χ1v) is 12.2. The Morgan fingerprint density at radius 2 is 1.56 bits per heavy atom. The van der Waals surface area contributed by atoms with E-state index in [4.69, 9.17) is 16.3 Å². The molecule has 0 spiro atoms. The van der Waals surface area contributed by atoms with Gasteiger partial charge in [-0.05, 0) is 61.9 Å². The van der Waals surface area contributed by atoms with Crippen molar-refractivity contribution in [2.24, 2.45) is 0 Å². The van der Waals surface area contributed by atoms with Crippen molar-refractivity contribution in [1.29, 1.82) is 0 Å². The largest absolute Gasteiger partial charge is 0.487 e. The quantitative estimate of drug-likeness (QED) is 0.286. The van der Waals surface area contributed by atoms with Crippen LogP contribution in [0.3, 0.4) is 0 Å². The minimum Gasteiger partial charge on any atom is -0.487 e. The zero-order valence-corrected chi connectivity index (χ0v) is 22.2. The molecule has 0 bridgehead atoms. The second kappa shape index (κ2) is 12.7. The normalized spacial score (nSPS) is 11.2. The lowest BCUT2D eigenvalue weighted by Crippen LogP contribution is -2.41. The number of carbonyl (C=O) groups excluding carboxylic acids is 3. The summed E-state index contributed by atoms with van der Waals surface area (Å²) in [6.07, 6.45) is -2.75. The van der Waals surface area contributed by atoms with Crippen molar-refractivity contribution in [1.82, 2.24) is 5.32 Å². The van der Waals surface area contributed by atoms with Crippen molar-refractivity contribution in [3.05, 3.63) is 82.4 Å². The minimum absolute atomic E-state index is 0.0414. The van der Waals surface area contributed by atoms with Gasteiger partial charge in [-0.15, -0.1) is 0 Å². The number of nitrogens with one attached hydrogen (secondary N) is 3. The van der Waals surface area contributed by atoms with Gasteiger partial charge in [0.05, 0.1) is 16.1 Å². The van der Waals surface area contributed by atoms with Gasteiger partial charge in [0.25, 0.3) is 24.1 Å². The topological polar surface area (TPSA) is 117 Å². The molecule has 3 aromatic rings. The van der Waals surface area contributed by atoms with Gasteiger partial charge in [-0.25, -0.2) is 8.78 Å². The summed E-state index contributed by atoms with van der Waals surface area (Å²) >= 11 is 6.23. The zero-order valence-electron chi connectivity index (χ0n) is 21.5. The third-order valence-corrected chi connectivity index (χ3v) is 5.77. The molecule has 39 heavy (non-hydrogen) atoms. The molecule has 8 nitrogen and oxygen atoms in total. The van der Waals surface area contributed by atoms with Crippen LogP contribution in [0.1, 0.15) is 40.1 Å². The van der Waals surface area contributed by atoms with Gasteiger partial charge < -0.3 is 25.8 Å². The highest BCUT2D eigenvalue weighted by Crippen LogP contribution is 2.26. The number of ether oxygens (including phenoxy) is 1. The van der Waals surface area contributed by atoms with Gasteiger partial charge in [-0.1, -0.05) is 35.3 Å². The van der Waals surface area contributed by atoms with E-state index in [1.54, 1.807) is 30.3 Å². The Morgan fingerprint density at radius 3 is 2.21 bits per heavy atom. The van der Waals surface area contributed by atoms with Crippen molar-refractivity contribution < 1.29 is 33.0 Å². The highest BCUT2D eigenvalue weighted by Gasteiger charge is 2.23. The predicted octanol–water partition coefficient (Wildman–Crippen LogP) is 3.13. The molecule has 0 aromatic heterocycles. The molecule has 0 radical (unpaired) electrons. The van der Waals surface area contributed by atoms with Gasteiger partial charge in [0.2, 0.25) is 0 Å². The monoisotopic (exact) mass is 557 g/mol. The third-order valence-electron chi connectivity index (χ3n) is 5.44. The van der Waals surface area contributed by atoms with E-state index in [1.807, 2.05) is 7.85 Å². The fraction of sp³-hybridized carbons (Fsp3) is 0.222. The van der Waals surface area contributed by atoms with Crippen LogP contribution in [-0.2, 0) is 11.3 Å². The molecule has 0 saturated heterocycles. The molecule has 204 valence electrons. The van der Waals surface area contributed by atoms with Crippen LogP contribution in [0, 0.1) is 0 Å². The highest BCUT2D eigenvalue weighted by molar-refractivity contribution is 6.34. The number of benzene rings is 3. The Bertz CT molecular complexity index is 1360. The number of rotatable bonds is 10. The Kier molecular flexibility index (Phi) is 9.66. The number of alkyl halides is 2. The Hall–Kier alpha value is -3.96. The Labute approximate surface area is 230 Å². The van der Waals surface area contributed by atoms with Gasteiger partial charge in [0.15, 0.2) is 0 Å². The first kappa shape index (κ1) is 29.6. The average Bonchev–Trinajstić information content (AvgIpc) is 2.87. The molecule has 0 unspecified atom stereocenters. The molecule has 0 aliphatic rings. The number of aliphatic hydroxyl groups is 1. The van der Waals surface area contributed by atoms with E-state index in [0.717, 1.165) is 5.46 Å². The van der Waals surface area contributed by atoms with E-state index >= 15 is 0 Å².